The van der Waals surface area contributed by atoms with E-state index in [1.807, 2.05) is 18.2 Å². The molecule has 0 saturated heterocycles. The predicted octanol–water partition coefficient (Wildman–Crippen LogP) is 6.15. The zero-order chi connectivity index (χ0) is 24.2. The number of pyridine rings is 2. The summed E-state index contributed by atoms with van der Waals surface area (Å²) in [5, 5.41) is 4.11. The number of halogens is 3. The molecular formula is C26H14F3N5O. The van der Waals surface area contributed by atoms with Gasteiger partial charge in [0.2, 0.25) is 0 Å². The molecule has 0 saturated carbocycles. The number of alkyl halides is 3. The second kappa shape index (κ2) is 7.69. The number of nitrogens with one attached hydrogen (secondary N) is 1. The molecule has 0 aliphatic carbocycles. The van der Waals surface area contributed by atoms with Crippen molar-refractivity contribution in [2.75, 3.05) is 5.32 Å². The molecule has 0 radical (unpaired) electrons. The molecular weight excluding hydrogens is 455 g/mol. The lowest BCUT2D eigenvalue weighted by Gasteiger charge is -2.11. The highest BCUT2D eigenvalue weighted by Crippen LogP contribution is 2.33. The van der Waals surface area contributed by atoms with Crippen molar-refractivity contribution in [3.63, 3.8) is 0 Å². The smallest absolute Gasteiger partial charge is 0.322 e. The number of fused-ring (bicyclic) bond motifs is 7. The SMILES string of the molecule is O=C(Nc1cccc(C(F)(F)F)c1)c1ccc2nc3c4cccnc4c4ncccc4c3nc2c1. The Bertz CT molecular complexity index is 1800. The van der Waals surface area contributed by atoms with Gasteiger partial charge in [0.25, 0.3) is 5.91 Å². The van der Waals surface area contributed by atoms with Crippen molar-refractivity contribution in [2.45, 2.75) is 6.18 Å². The van der Waals surface area contributed by atoms with Crippen LogP contribution in [0.1, 0.15) is 15.9 Å². The van der Waals surface area contributed by atoms with E-state index in [9.17, 15) is 18.0 Å². The average molecular weight is 469 g/mol. The van der Waals surface area contributed by atoms with Gasteiger partial charge in [0.05, 0.1) is 38.7 Å². The van der Waals surface area contributed by atoms with Crippen LogP contribution < -0.4 is 5.32 Å². The number of hydrogen-bond acceptors (Lipinski definition) is 5. The maximum Gasteiger partial charge on any atom is 0.416 e. The van der Waals surface area contributed by atoms with E-state index < -0.39 is 17.6 Å². The van der Waals surface area contributed by atoms with Crippen LogP contribution in [0.5, 0.6) is 0 Å². The Hall–Kier alpha value is -4.66. The van der Waals surface area contributed by atoms with Gasteiger partial charge in [-0.1, -0.05) is 6.07 Å². The summed E-state index contributed by atoms with van der Waals surface area (Å²) in [6.07, 6.45) is -1.11. The van der Waals surface area contributed by atoms with Gasteiger partial charge >= 0.3 is 6.18 Å². The van der Waals surface area contributed by atoms with Crippen molar-refractivity contribution in [3.8, 4) is 0 Å². The summed E-state index contributed by atoms with van der Waals surface area (Å²) in [7, 11) is 0. The van der Waals surface area contributed by atoms with Gasteiger partial charge in [-0.05, 0) is 60.7 Å². The zero-order valence-corrected chi connectivity index (χ0v) is 17.8. The van der Waals surface area contributed by atoms with Crippen LogP contribution in [0.3, 0.4) is 0 Å². The molecule has 0 spiro atoms. The standard InChI is InChI=1S/C26H14F3N5O/c27-26(28,29)15-4-1-5-16(13-15)32-25(35)14-8-9-19-20(12-14)34-24-18-7-3-11-31-22(18)21-17(23(24)33-19)6-2-10-30-21/h1-13H,(H,32,35). The fraction of sp³-hybridized carbons (Fsp3) is 0.0385. The third kappa shape index (κ3) is 3.57. The van der Waals surface area contributed by atoms with E-state index >= 15 is 0 Å². The van der Waals surface area contributed by atoms with Gasteiger partial charge in [0.1, 0.15) is 0 Å². The van der Waals surface area contributed by atoms with Gasteiger partial charge in [-0.25, -0.2) is 9.97 Å². The van der Waals surface area contributed by atoms with Crippen LogP contribution in [0.15, 0.2) is 79.1 Å². The molecule has 0 fully saturated rings. The van der Waals surface area contributed by atoms with Gasteiger partial charge in [-0.15, -0.1) is 0 Å². The molecule has 0 bridgehead atoms. The molecule has 170 valence electrons. The van der Waals surface area contributed by atoms with E-state index in [2.05, 4.69) is 15.3 Å². The topological polar surface area (TPSA) is 80.7 Å². The molecule has 3 aromatic heterocycles. The Kier molecular flexibility index (Phi) is 4.60. The third-order valence-electron chi connectivity index (χ3n) is 5.72. The summed E-state index contributed by atoms with van der Waals surface area (Å²) >= 11 is 0. The normalized spacial score (nSPS) is 12.0. The maximum atomic E-state index is 13.0. The highest BCUT2D eigenvalue weighted by molar-refractivity contribution is 6.21. The number of rotatable bonds is 2. The van der Waals surface area contributed by atoms with Crippen LogP contribution in [-0.2, 0) is 6.18 Å². The molecule has 6 rings (SSSR count). The molecule has 6 nitrogen and oxygen atoms in total. The van der Waals surface area contributed by atoms with Gasteiger partial charge in [0, 0.05) is 34.4 Å². The summed E-state index contributed by atoms with van der Waals surface area (Å²) in [6.45, 7) is 0. The molecule has 6 aromatic rings. The molecule has 1 N–H and O–H groups in total. The number of carbonyl (C=O) groups is 1. The van der Waals surface area contributed by atoms with Crippen LogP contribution >= 0.6 is 0 Å². The van der Waals surface area contributed by atoms with Gasteiger partial charge < -0.3 is 5.32 Å². The minimum Gasteiger partial charge on any atom is -0.322 e. The minimum atomic E-state index is -4.50. The van der Waals surface area contributed by atoms with E-state index in [1.165, 1.54) is 12.1 Å². The molecule has 3 heterocycles. The molecule has 0 aliphatic rings. The lowest BCUT2D eigenvalue weighted by atomic mass is 10.1. The van der Waals surface area contributed by atoms with Crippen LogP contribution in [0.25, 0.3) is 43.9 Å². The summed E-state index contributed by atoms with van der Waals surface area (Å²) in [4.78, 5) is 31.4. The summed E-state index contributed by atoms with van der Waals surface area (Å²) in [6, 6.07) is 16.7. The zero-order valence-electron chi connectivity index (χ0n) is 17.8. The molecule has 0 unspecified atom stereocenters. The average Bonchev–Trinajstić information content (AvgIpc) is 2.87. The first kappa shape index (κ1) is 20.9. The fourth-order valence-corrected chi connectivity index (χ4v) is 4.12. The van der Waals surface area contributed by atoms with Crippen LogP contribution in [0, 0.1) is 0 Å². The van der Waals surface area contributed by atoms with E-state index in [0.29, 0.717) is 27.6 Å². The van der Waals surface area contributed by atoms with E-state index in [0.717, 1.165) is 28.4 Å². The van der Waals surface area contributed by atoms with Crippen molar-refractivity contribution in [1.82, 2.24) is 19.9 Å². The lowest BCUT2D eigenvalue weighted by Crippen LogP contribution is -2.13. The Labute approximate surface area is 195 Å². The number of carbonyl (C=O) groups excluding carboxylic acids is 1. The quantitative estimate of drug-likeness (QED) is 0.243. The highest BCUT2D eigenvalue weighted by atomic mass is 19.4. The van der Waals surface area contributed by atoms with Crippen molar-refractivity contribution in [1.29, 1.82) is 0 Å². The summed E-state index contributed by atoms with van der Waals surface area (Å²) in [5.74, 6) is -0.553. The number of amides is 1. The van der Waals surface area contributed by atoms with E-state index in [4.69, 9.17) is 9.97 Å². The van der Waals surface area contributed by atoms with Crippen molar-refractivity contribution in [2.24, 2.45) is 0 Å². The Morgan fingerprint density at radius 3 is 2.03 bits per heavy atom. The van der Waals surface area contributed by atoms with Crippen LogP contribution in [0.2, 0.25) is 0 Å². The second-order valence-electron chi connectivity index (χ2n) is 7.96. The first-order chi connectivity index (χ1) is 16.9. The van der Waals surface area contributed by atoms with Gasteiger partial charge in [0.15, 0.2) is 0 Å². The van der Waals surface area contributed by atoms with Gasteiger partial charge in [-0.3, -0.25) is 14.8 Å². The Morgan fingerprint density at radius 1 is 0.714 bits per heavy atom. The van der Waals surface area contributed by atoms with Crippen molar-refractivity contribution < 1.29 is 18.0 Å². The molecule has 1 amide bonds. The fourth-order valence-electron chi connectivity index (χ4n) is 4.12. The predicted molar refractivity (Wildman–Crippen MR) is 127 cm³/mol. The molecule has 35 heavy (non-hydrogen) atoms. The first-order valence-corrected chi connectivity index (χ1v) is 10.6. The summed E-state index contributed by atoms with van der Waals surface area (Å²) in [5.41, 5.74) is 3.21. The Balaban J connectivity index is 1.47. The highest BCUT2D eigenvalue weighted by Gasteiger charge is 2.30. The number of aromatic nitrogens is 4. The molecule has 0 atom stereocenters. The lowest BCUT2D eigenvalue weighted by molar-refractivity contribution is -0.137. The molecule has 3 aromatic carbocycles. The largest absolute Gasteiger partial charge is 0.416 e. The first-order valence-electron chi connectivity index (χ1n) is 10.6. The molecule has 0 aliphatic heterocycles. The monoisotopic (exact) mass is 469 g/mol. The van der Waals surface area contributed by atoms with Crippen molar-refractivity contribution >= 4 is 55.5 Å². The number of hydrogen-bond donors (Lipinski definition) is 1. The van der Waals surface area contributed by atoms with Gasteiger partial charge in [-0.2, -0.15) is 13.2 Å². The van der Waals surface area contributed by atoms with E-state index in [-0.39, 0.29) is 11.3 Å². The number of nitrogens with zero attached hydrogens (tertiary/aromatic N) is 4. The second-order valence-corrected chi connectivity index (χ2v) is 7.96. The Morgan fingerprint density at radius 2 is 1.37 bits per heavy atom. The molecule has 9 heteroatoms. The van der Waals surface area contributed by atoms with E-state index in [1.54, 1.807) is 36.7 Å². The van der Waals surface area contributed by atoms with Crippen LogP contribution in [-0.4, -0.2) is 25.8 Å². The van der Waals surface area contributed by atoms with Crippen LogP contribution in [0.4, 0.5) is 18.9 Å². The summed E-state index contributed by atoms with van der Waals surface area (Å²) < 4.78 is 39.0. The minimum absolute atomic E-state index is 0.0468. The maximum absolute atomic E-state index is 13.0. The van der Waals surface area contributed by atoms with Crippen molar-refractivity contribution in [3.05, 3.63) is 90.3 Å². The number of anilines is 1. The third-order valence-corrected chi connectivity index (χ3v) is 5.72. The number of benzene rings is 3.